The van der Waals surface area contributed by atoms with Gasteiger partial charge in [-0.3, -0.25) is 9.69 Å². The number of anilines is 1. The van der Waals surface area contributed by atoms with Gasteiger partial charge in [-0.1, -0.05) is 42.5 Å². The van der Waals surface area contributed by atoms with E-state index in [1.54, 1.807) is 17.0 Å². The van der Waals surface area contributed by atoms with Crippen molar-refractivity contribution in [3.8, 4) is 0 Å². The molecule has 4 N–H and O–H groups in total. The number of primary amides is 1. The minimum absolute atomic E-state index is 0.00853. The Kier molecular flexibility index (Phi) is 6.85. The maximum atomic E-state index is 13.0. The Balaban J connectivity index is 1.70. The van der Waals surface area contributed by atoms with Crippen LogP contribution in [0.2, 0.25) is 0 Å². The molecule has 3 amide bonds. The molecule has 1 aliphatic rings. The molecule has 154 valence electrons. The van der Waals surface area contributed by atoms with Gasteiger partial charge in [-0.25, -0.2) is 4.79 Å². The molecule has 2 aromatic rings. The lowest BCUT2D eigenvalue weighted by molar-refractivity contribution is -0.131. The third kappa shape index (κ3) is 5.79. The molecule has 1 heterocycles. The zero-order valence-electron chi connectivity index (χ0n) is 16.6. The van der Waals surface area contributed by atoms with Crippen LogP contribution in [0, 0.1) is 0 Å². The number of β-amino-alcohol motifs (C(OH)–C–C–N with tert-alkyl or cyclic N) is 1. The molecule has 7 heteroatoms. The second-order valence-corrected chi connectivity index (χ2v) is 7.50. The van der Waals surface area contributed by atoms with Crippen LogP contribution in [0.25, 0.3) is 0 Å². The van der Waals surface area contributed by atoms with Crippen molar-refractivity contribution in [3.63, 3.8) is 0 Å². The molecule has 7 nitrogen and oxygen atoms in total. The zero-order chi connectivity index (χ0) is 20.8. The number of amides is 3. The monoisotopic (exact) mass is 396 g/mol. The van der Waals surface area contributed by atoms with Crippen molar-refractivity contribution in [1.29, 1.82) is 0 Å². The van der Waals surface area contributed by atoms with Gasteiger partial charge in [-0.15, -0.1) is 0 Å². The summed E-state index contributed by atoms with van der Waals surface area (Å²) in [5, 5.41) is 12.4. The van der Waals surface area contributed by atoms with E-state index in [4.69, 9.17) is 5.73 Å². The maximum Gasteiger partial charge on any atom is 0.316 e. The Morgan fingerprint density at radius 1 is 1.21 bits per heavy atom. The fourth-order valence-electron chi connectivity index (χ4n) is 3.67. The molecule has 1 aliphatic heterocycles. The van der Waals surface area contributed by atoms with Crippen LogP contribution in [-0.4, -0.2) is 59.6 Å². The summed E-state index contributed by atoms with van der Waals surface area (Å²) in [6.07, 6.45) is 0.740. The van der Waals surface area contributed by atoms with E-state index < -0.39 is 6.03 Å². The van der Waals surface area contributed by atoms with Gasteiger partial charge in [0.1, 0.15) is 0 Å². The van der Waals surface area contributed by atoms with Crippen LogP contribution in [0.3, 0.4) is 0 Å². The quantitative estimate of drug-likeness (QED) is 0.666. The van der Waals surface area contributed by atoms with Gasteiger partial charge >= 0.3 is 6.03 Å². The summed E-state index contributed by atoms with van der Waals surface area (Å²) in [5.74, 6) is 0.00853. The van der Waals surface area contributed by atoms with Gasteiger partial charge in [0.25, 0.3) is 0 Å². The van der Waals surface area contributed by atoms with E-state index in [9.17, 15) is 14.7 Å². The van der Waals surface area contributed by atoms with Crippen LogP contribution in [0.4, 0.5) is 10.5 Å². The zero-order valence-corrected chi connectivity index (χ0v) is 16.6. The number of urea groups is 1. The molecular weight excluding hydrogens is 368 g/mol. The number of nitrogens with zero attached hydrogens (tertiary/aromatic N) is 2. The van der Waals surface area contributed by atoms with E-state index in [0.717, 1.165) is 24.1 Å². The Bertz CT molecular complexity index is 826. The molecule has 0 bridgehead atoms. The number of nitrogens with two attached hydrogens (primary N) is 1. The lowest BCUT2D eigenvalue weighted by atomic mass is 10.0. The molecule has 3 rings (SSSR count). The maximum absolute atomic E-state index is 13.0. The second-order valence-electron chi connectivity index (χ2n) is 7.50. The number of likely N-dealkylation sites (N-methyl/N-ethyl adjacent to an activating group) is 1. The van der Waals surface area contributed by atoms with Crippen LogP contribution < -0.4 is 11.1 Å². The van der Waals surface area contributed by atoms with E-state index in [1.807, 2.05) is 49.5 Å². The van der Waals surface area contributed by atoms with Gasteiger partial charge in [0.2, 0.25) is 5.91 Å². The lowest BCUT2D eigenvalue weighted by Gasteiger charge is -2.32. The first-order chi connectivity index (χ1) is 13.9. The molecule has 2 unspecified atom stereocenters. The summed E-state index contributed by atoms with van der Waals surface area (Å²) in [7, 11) is 1.83. The van der Waals surface area contributed by atoms with E-state index in [2.05, 4.69) is 10.2 Å². The normalized spacial score (nSPS) is 17.7. The van der Waals surface area contributed by atoms with E-state index in [1.165, 1.54) is 0 Å². The number of aliphatic hydroxyl groups is 1. The number of benzene rings is 2. The Hall–Kier alpha value is -2.90. The minimum Gasteiger partial charge on any atom is -0.392 e. The van der Waals surface area contributed by atoms with Crippen molar-refractivity contribution >= 4 is 17.6 Å². The van der Waals surface area contributed by atoms with Crippen molar-refractivity contribution in [2.24, 2.45) is 5.73 Å². The molecule has 0 spiro atoms. The van der Waals surface area contributed by atoms with E-state index in [0.29, 0.717) is 18.8 Å². The topological polar surface area (TPSA) is 98.9 Å². The predicted molar refractivity (Wildman–Crippen MR) is 112 cm³/mol. The molecule has 1 saturated heterocycles. The molecule has 0 aliphatic carbocycles. The smallest absolute Gasteiger partial charge is 0.316 e. The fraction of sp³-hybridized carbons (Fsp3) is 0.364. The first-order valence-corrected chi connectivity index (χ1v) is 9.79. The average Bonchev–Trinajstić information content (AvgIpc) is 3.12. The number of carbonyl (C=O) groups excluding carboxylic acids is 2. The Morgan fingerprint density at radius 3 is 2.48 bits per heavy atom. The first-order valence-electron chi connectivity index (χ1n) is 9.79. The highest BCUT2D eigenvalue weighted by Gasteiger charge is 2.28. The standard InChI is InChI=1S/C22H28N4O3/c1-25(21(28)13-16-7-9-18(10-8-16)24-22(23)29)20(17-5-3-2-4-6-17)15-26-12-11-19(27)14-26/h2-10,19-20,27H,11-15H2,1H3,(H3,23,24,29). The predicted octanol–water partition coefficient (Wildman–Crippen LogP) is 1.99. The Morgan fingerprint density at radius 2 is 1.90 bits per heavy atom. The van der Waals surface area contributed by atoms with Gasteiger partial charge in [0.15, 0.2) is 0 Å². The van der Waals surface area contributed by atoms with Crippen LogP contribution in [0.1, 0.15) is 23.6 Å². The van der Waals surface area contributed by atoms with Crippen molar-refractivity contribution in [2.45, 2.75) is 25.0 Å². The highest BCUT2D eigenvalue weighted by molar-refractivity contribution is 5.87. The molecular formula is C22H28N4O3. The molecule has 2 aromatic carbocycles. The molecule has 29 heavy (non-hydrogen) atoms. The van der Waals surface area contributed by atoms with Crippen LogP contribution in [0.5, 0.6) is 0 Å². The number of hydrogen-bond acceptors (Lipinski definition) is 4. The highest BCUT2D eigenvalue weighted by atomic mass is 16.3. The van der Waals surface area contributed by atoms with Gasteiger partial charge in [0.05, 0.1) is 18.6 Å². The van der Waals surface area contributed by atoms with Gasteiger partial charge in [-0.2, -0.15) is 0 Å². The summed E-state index contributed by atoms with van der Waals surface area (Å²) < 4.78 is 0. The van der Waals surface area contributed by atoms with Gasteiger partial charge in [-0.05, 0) is 29.7 Å². The van der Waals surface area contributed by atoms with Gasteiger partial charge < -0.3 is 21.1 Å². The van der Waals surface area contributed by atoms with Crippen LogP contribution in [0.15, 0.2) is 54.6 Å². The van der Waals surface area contributed by atoms with Crippen LogP contribution in [-0.2, 0) is 11.2 Å². The van der Waals surface area contributed by atoms with Crippen molar-refractivity contribution in [2.75, 3.05) is 32.0 Å². The number of rotatable bonds is 7. The molecule has 1 fully saturated rings. The van der Waals surface area contributed by atoms with Crippen molar-refractivity contribution < 1.29 is 14.7 Å². The lowest BCUT2D eigenvalue weighted by Crippen LogP contribution is -2.39. The molecule has 2 atom stereocenters. The second kappa shape index (κ2) is 9.54. The number of nitrogens with one attached hydrogen (secondary N) is 1. The highest BCUT2D eigenvalue weighted by Crippen LogP contribution is 2.24. The fourth-order valence-corrected chi connectivity index (χ4v) is 3.67. The first kappa shape index (κ1) is 20.8. The number of hydrogen-bond donors (Lipinski definition) is 3. The summed E-state index contributed by atoms with van der Waals surface area (Å²) in [6.45, 7) is 2.16. The van der Waals surface area contributed by atoms with Crippen LogP contribution >= 0.6 is 0 Å². The molecule has 0 aromatic heterocycles. The Labute approximate surface area is 171 Å². The van der Waals surface area contributed by atoms with Crippen molar-refractivity contribution in [3.05, 3.63) is 65.7 Å². The summed E-state index contributed by atoms with van der Waals surface area (Å²) in [6, 6.07) is 16.3. The summed E-state index contributed by atoms with van der Waals surface area (Å²) >= 11 is 0. The number of aliphatic hydroxyl groups excluding tert-OH is 1. The van der Waals surface area contributed by atoms with E-state index in [-0.39, 0.29) is 24.5 Å². The van der Waals surface area contributed by atoms with Crippen molar-refractivity contribution in [1.82, 2.24) is 9.80 Å². The number of likely N-dealkylation sites (tertiary alicyclic amines) is 1. The number of carbonyl (C=O) groups is 2. The SMILES string of the molecule is CN(C(=O)Cc1ccc(NC(N)=O)cc1)C(CN1CCC(O)C1)c1ccccc1. The molecule has 0 saturated carbocycles. The summed E-state index contributed by atoms with van der Waals surface area (Å²) in [5.41, 5.74) is 7.65. The third-order valence-corrected chi connectivity index (χ3v) is 5.30. The largest absolute Gasteiger partial charge is 0.392 e. The van der Waals surface area contributed by atoms with E-state index >= 15 is 0 Å². The minimum atomic E-state index is -0.619. The average molecular weight is 396 g/mol. The van der Waals surface area contributed by atoms with Gasteiger partial charge in [0, 0.05) is 32.4 Å². The third-order valence-electron chi connectivity index (χ3n) is 5.30. The molecule has 0 radical (unpaired) electrons. The summed E-state index contributed by atoms with van der Waals surface area (Å²) in [4.78, 5) is 27.9.